The summed E-state index contributed by atoms with van der Waals surface area (Å²) in [7, 11) is 0. The molecule has 0 saturated carbocycles. The number of benzene rings is 2. The van der Waals surface area contributed by atoms with Gasteiger partial charge >= 0.3 is 0 Å². The van der Waals surface area contributed by atoms with Crippen LogP contribution in [0.4, 0.5) is 8.78 Å². The zero-order chi connectivity index (χ0) is 23.5. The van der Waals surface area contributed by atoms with E-state index >= 15 is 0 Å². The minimum absolute atomic E-state index is 0.0370. The van der Waals surface area contributed by atoms with Crippen LogP contribution in [-0.2, 0) is 6.61 Å². The lowest BCUT2D eigenvalue weighted by atomic mass is 10.1. The Kier molecular flexibility index (Phi) is 6.90. The number of nitrogens with one attached hydrogen (secondary N) is 1. The molecule has 0 aliphatic carbocycles. The fraction of sp³-hybridized carbons (Fsp3) is 0.250. The third-order valence-electron chi connectivity index (χ3n) is 5.47. The van der Waals surface area contributed by atoms with Gasteiger partial charge in [-0.1, -0.05) is 0 Å². The summed E-state index contributed by atoms with van der Waals surface area (Å²) in [6.45, 7) is 4.46. The van der Waals surface area contributed by atoms with E-state index in [0.717, 1.165) is 25.2 Å². The normalized spacial score (nSPS) is 13.8. The van der Waals surface area contributed by atoms with Crippen molar-refractivity contribution in [2.75, 3.05) is 26.2 Å². The summed E-state index contributed by atoms with van der Waals surface area (Å²) in [6, 6.07) is 11.8. The molecule has 0 radical (unpaired) electrons. The van der Waals surface area contributed by atoms with E-state index in [-0.39, 0.29) is 33.9 Å². The first-order valence-corrected chi connectivity index (χ1v) is 11.2. The molecule has 6 nitrogen and oxygen atoms in total. The van der Waals surface area contributed by atoms with E-state index in [2.05, 4.69) is 21.2 Å². The molecule has 33 heavy (non-hydrogen) atoms. The van der Waals surface area contributed by atoms with Gasteiger partial charge in [-0.15, -0.1) is 0 Å². The number of hydrogen-bond acceptors (Lipinski definition) is 4. The number of rotatable bonds is 5. The maximum absolute atomic E-state index is 13.9. The van der Waals surface area contributed by atoms with E-state index in [1.807, 2.05) is 0 Å². The second-order valence-corrected chi connectivity index (χ2v) is 8.51. The van der Waals surface area contributed by atoms with Crippen LogP contribution in [0.1, 0.15) is 21.6 Å². The summed E-state index contributed by atoms with van der Waals surface area (Å²) in [5.41, 5.74) is 1.58. The lowest BCUT2D eigenvalue weighted by Gasteiger charge is -2.27. The molecule has 2 aromatic carbocycles. The summed E-state index contributed by atoms with van der Waals surface area (Å²) >= 11 is 3.28. The van der Waals surface area contributed by atoms with E-state index in [0.29, 0.717) is 30.0 Å². The summed E-state index contributed by atoms with van der Waals surface area (Å²) in [5.74, 6) is -1.17. The van der Waals surface area contributed by atoms with Gasteiger partial charge < -0.3 is 15.0 Å². The number of hydrogen-bond donors (Lipinski definition) is 1. The summed E-state index contributed by atoms with van der Waals surface area (Å²) < 4.78 is 34.3. The Hall–Kier alpha value is -3.04. The standard InChI is InChI=1S/C24H22BrF2N3O3/c1-15-12-21(33-14-17-2-5-18(26)13-20(17)27)22(25)24(32)30(15)19-6-3-16(4-7-19)23(31)29-10-8-28-9-11-29/h2-7,12-13,28H,8-11,14H2,1H3. The molecule has 0 unspecified atom stereocenters. The van der Waals surface area contributed by atoms with Crippen molar-refractivity contribution in [3.05, 3.63) is 91.8 Å². The maximum Gasteiger partial charge on any atom is 0.273 e. The van der Waals surface area contributed by atoms with E-state index in [9.17, 15) is 18.4 Å². The van der Waals surface area contributed by atoms with Crippen molar-refractivity contribution < 1.29 is 18.3 Å². The molecular weight excluding hydrogens is 496 g/mol. The number of aryl methyl sites for hydroxylation is 1. The molecule has 2 heterocycles. The van der Waals surface area contributed by atoms with Crippen molar-refractivity contribution in [3.8, 4) is 11.4 Å². The predicted molar refractivity (Wildman–Crippen MR) is 124 cm³/mol. The Morgan fingerprint density at radius 2 is 1.79 bits per heavy atom. The van der Waals surface area contributed by atoms with Crippen LogP contribution < -0.4 is 15.6 Å². The molecule has 9 heteroatoms. The molecule has 1 aliphatic heterocycles. The van der Waals surface area contributed by atoms with Crippen LogP contribution >= 0.6 is 15.9 Å². The van der Waals surface area contributed by atoms with Gasteiger partial charge in [0.25, 0.3) is 11.5 Å². The zero-order valence-corrected chi connectivity index (χ0v) is 19.5. The number of nitrogens with zero attached hydrogens (tertiary/aromatic N) is 2. The number of carbonyl (C=O) groups is 1. The van der Waals surface area contributed by atoms with E-state index in [1.165, 1.54) is 10.6 Å². The number of halogens is 3. The van der Waals surface area contributed by atoms with Gasteiger partial charge in [0.05, 0.1) is 0 Å². The first-order chi connectivity index (χ1) is 15.8. The lowest BCUT2D eigenvalue weighted by Crippen LogP contribution is -2.46. The van der Waals surface area contributed by atoms with Gasteiger partial charge in [-0.25, -0.2) is 8.78 Å². The Labute approximate surface area is 197 Å². The fourth-order valence-corrected chi connectivity index (χ4v) is 4.11. The predicted octanol–water partition coefficient (Wildman–Crippen LogP) is 3.81. The molecule has 0 atom stereocenters. The monoisotopic (exact) mass is 517 g/mol. The molecule has 1 saturated heterocycles. The van der Waals surface area contributed by atoms with Crippen LogP contribution in [-0.4, -0.2) is 41.6 Å². The van der Waals surface area contributed by atoms with Gasteiger partial charge in [-0.2, -0.15) is 0 Å². The van der Waals surface area contributed by atoms with E-state index < -0.39 is 11.6 Å². The topological polar surface area (TPSA) is 63.6 Å². The van der Waals surface area contributed by atoms with Gasteiger partial charge in [0.2, 0.25) is 0 Å². The van der Waals surface area contributed by atoms with Crippen molar-refractivity contribution in [1.29, 1.82) is 0 Å². The molecule has 1 fully saturated rings. The molecule has 4 rings (SSSR count). The highest BCUT2D eigenvalue weighted by atomic mass is 79.9. The Bertz CT molecular complexity index is 1240. The Morgan fingerprint density at radius 1 is 1.09 bits per heavy atom. The minimum Gasteiger partial charge on any atom is -0.487 e. The van der Waals surface area contributed by atoms with Crippen LogP contribution in [0, 0.1) is 18.6 Å². The van der Waals surface area contributed by atoms with Gasteiger partial charge in [0.15, 0.2) is 0 Å². The third-order valence-corrected chi connectivity index (χ3v) is 6.20. The van der Waals surface area contributed by atoms with Crippen molar-refractivity contribution in [3.63, 3.8) is 0 Å². The number of amides is 1. The van der Waals surface area contributed by atoms with Gasteiger partial charge in [-0.3, -0.25) is 14.2 Å². The van der Waals surface area contributed by atoms with Crippen LogP contribution in [0.2, 0.25) is 0 Å². The number of aromatic nitrogens is 1. The van der Waals surface area contributed by atoms with Crippen molar-refractivity contribution in [2.24, 2.45) is 0 Å². The second kappa shape index (κ2) is 9.84. The molecular formula is C24H22BrF2N3O3. The van der Waals surface area contributed by atoms with Crippen LogP contribution in [0.5, 0.6) is 5.75 Å². The average Bonchev–Trinajstić information content (AvgIpc) is 2.82. The van der Waals surface area contributed by atoms with Crippen molar-refractivity contribution in [2.45, 2.75) is 13.5 Å². The highest BCUT2D eigenvalue weighted by molar-refractivity contribution is 9.10. The van der Waals surface area contributed by atoms with Gasteiger partial charge in [0, 0.05) is 60.8 Å². The number of ether oxygens (including phenoxy) is 1. The van der Waals surface area contributed by atoms with Crippen LogP contribution in [0.15, 0.2) is 57.8 Å². The van der Waals surface area contributed by atoms with E-state index in [4.69, 9.17) is 4.74 Å². The maximum atomic E-state index is 13.9. The Balaban J connectivity index is 1.55. The number of pyridine rings is 1. The molecule has 0 spiro atoms. The quantitative estimate of drug-likeness (QED) is 0.558. The highest BCUT2D eigenvalue weighted by Gasteiger charge is 2.19. The SMILES string of the molecule is Cc1cc(OCc2ccc(F)cc2F)c(Br)c(=O)n1-c1ccc(C(=O)N2CCNCC2)cc1. The second-order valence-electron chi connectivity index (χ2n) is 7.72. The Morgan fingerprint density at radius 3 is 2.45 bits per heavy atom. The van der Waals surface area contributed by atoms with Gasteiger partial charge in [0.1, 0.15) is 28.5 Å². The third kappa shape index (κ3) is 4.99. The average molecular weight is 518 g/mol. The summed E-state index contributed by atoms with van der Waals surface area (Å²) in [5, 5.41) is 3.22. The number of carbonyl (C=O) groups excluding carboxylic acids is 1. The lowest BCUT2D eigenvalue weighted by molar-refractivity contribution is 0.0736. The molecule has 1 amide bonds. The van der Waals surface area contributed by atoms with Crippen molar-refractivity contribution in [1.82, 2.24) is 14.8 Å². The summed E-state index contributed by atoms with van der Waals surface area (Å²) in [4.78, 5) is 27.5. The first kappa shape index (κ1) is 23.1. The highest BCUT2D eigenvalue weighted by Crippen LogP contribution is 2.25. The smallest absolute Gasteiger partial charge is 0.273 e. The molecule has 0 bridgehead atoms. The van der Waals surface area contributed by atoms with Crippen LogP contribution in [0.3, 0.4) is 0 Å². The number of piperazine rings is 1. The first-order valence-electron chi connectivity index (χ1n) is 10.4. The fourth-order valence-electron chi connectivity index (χ4n) is 3.71. The molecule has 1 N–H and O–H groups in total. The van der Waals surface area contributed by atoms with Gasteiger partial charge in [-0.05, 0) is 59.3 Å². The zero-order valence-electron chi connectivity index (χ0n) is 17.9. The largest absolute Gasteiger partial charge is 0.487 e. The molecule has 3 aromatic rings. The molecule has 1 aliphatic rings. The van der Waals surface area contributed by atoms with Crippen molar-refractivity contribution >= 4 is 21.8 Å². The molecule has 1 aromatic heterocycles. The molecule has 172 valence electrons. The van der Waals surface area contributed by atoms with Crippen LogP contribution in [0.25, 0.3) is 5.69 Å². The van der Waals surface area contributed by atoms with E-state index in [1.54, 1.807) is 42.2 Å². The summed E-state index contributed by atoms with van der Waals surface area (Å²) in [6.07, 6.45) is 0. The minimum atomic E-state index is -0.716.